The summed E-state index contributed by atoms with van der Waals surface area (Å²) >= 11 is 1.34. The summed E-state index contributed by atoms with van der Waals surface area (Å²) in [5, 5.41) is 4.32. The second kappa shape index (κ2) is 6.10. The molecule has 124 valence electrons. The van der Waals surface area contributed by atoms with Gasteiger partial charge in [-0.05, 0) is 35.9 Å². The lowest BCUT2D eigenvalue weighted by atomic mass is 10.2. The van der Waals surface area contributed by atoms with Crippen molar-refractivity contribution in [1.29, 1.82) is 0 Å². The van der Waals surface area contributed by atoms with Crippen LogP contribution in [-0.4, -0.2) is 33.7 Å². The molecule has 0 spiro atoms. The van der Waals surface area contributed by atoms with E-state index in [0.29, 0.717) is 15.3 Å². The summed E-state index contributed by atoms with van der Waals surface area (Å²) in [5.74, 6) is 0.512. The monoisotopic (exact) mass is 349 g/mol. The predicted molar refractivity (Wildman–Crippen MR) is 99.9 cm³/mol. The number of rotatable bonds is 3. The third-order valence-corrected chi connectivity index (χ3v) is 4.77. The quantitative estimate of drug-likeness (QED) is 0.565. The van der Waals surface area contributed by atoms with Gasteiger partial charge < -0.3 is 4.90 Å². The molecule has 3 aromatic heterocycles. The standard InChI is InChI=1S/C18H15N5OS/c1-22(2)14-7-5-12(6-8-14)10-15-17(24)23-18(25-15)20-16(21-23)13-4-3-9-19-11-13/h3-11H,1-2H3/b15-10-. The van der Waals surface area contributed by atoms with Gasteiger partial charge in [0.2, 0.25) is 4.96 Å². The van der Waals surface area contributed by atoms with Gasteiger partial charge in [-0.25, -0.2) is 0 Å². The van der Waals surface area contributed by atoms with Gasteiger partial charge >= 0.3 is 0 Å². The molecule has 1 aromatic carbocycles. The van der Waals surface area contributed by atoms with Crippen LogP contribution in [0.1, 0.15) is 5.56 Å². The smallest absolute Gasteiger partial charge is 0.291 e. The highest BCUT2D eigenvalue weighted by atomic mass is 32.1. The summed E-state index contributed by atoms with van der Waals surface area (Å²) in [6.07, 6.45) is 5.24. The fourth-order valence-corrected chi connectivity index (χ4v) is 3.38. The third kappa shape index (κ3) is 2.89. The Kier molecular flexibility index (Phi) is 3.77. The minimum Gasteiger partial charge on any atom is -0.378 e. The van der Waals surface area contributed by atoms with Gasteiger partial charge in [0.05, 0.1) is 4.53 Å². The van der Waals surface area contributed by atoms with Gasteiger partial charge in [0, 0.05) is 37.7 Å². The number of benzene rings is 1. The zero-order chi connectivity index (χ0) is 17.4. The normalized spacial score (nSPS) is 12.0. The Bertz CT molecular complexity index is 1130. The summed E-state index contributed by atoms with van der Waals surface area (Å²) in [6.45, 7) is 0. The maximum absolute atomic E-state index is 12.6. The number of hydrogen-bond acceptors (Lipinski definition) is 6. The topological polar surface area (TPSA) is 63.4 Å². The van der Waals surface area contributed by atoms with Crippen LogP contribution in [0.5, 0.6) is 0 Å². The predicted octanol–water partition coefficient (Wildman–Crippen LogP) is 1.83. The zero-order valence-electron chi connectivity index (χ0n) is 13.7. The highest BCUT2D eigenvalue weighted by Crippen LogP contribution is 2.15. The van der Waals surface area contributed by atoms with E-state index in [4.69, 9.17) is 0 Å². The van der Waals surface area contributed by atoms with E-state index in [1.54, 1.807) is 12.4 Å². The van der Waals surface area contributed by atoms with E-state index in [9.17, 15) is 4.79 Å². The highest BCUT2D eigenvalue weighted by Gasteiger charge is 2.11. The van der Waals surface area contributed by atoms with E-state index in [1.165, 1.54) is 15.9 Å². The van der Waals surface area contributed by atoms with E-state index < -0.39 is 0 Å². The second-order valence-corrected chi connectivity index (χ2v) is 6.78. The Balaban J connectivity index is 1.75. The van der Waals surface area contributed by atoms with Crippen LogP contribution < -0.4 is 15.0 Å². The van der Waals surface area contributed by atoms with Crippen molar-refractivity contribution < 1.29 is 0 Å². The zero-order valence-corrected chi connectivity index (χ0v) is 14.6. The molecule has 0 aliphatic heterocycles. The van der Waals surface area contributed by atoms with Crippen molar-refractivity contribution in [3.63, 3.8) is 0 Å². The fraction of sp³-hybridized carbons (Fsp3) is 0.111. The Hall–Kier alpha value is -3.06. The lowest BCUT2D eigenvalue weighted by molar-refractivity contribution is 0.936. The van der Waals surface area contributed by atoms with Gasteiger partial charge in [-0.1, -0.05) is 23.5 Å². The molecule has 4 aromatic rings. The first-order valence-corrected chi connectivity index (χ1v) is 8.52. The van der Waals surface area contributed by atoms with Gasteiger partial charge in [-0.3, -0.25) is 9.78 Å². The summed E-state index contributed by atoms with van der Waals surface area (Å²) < 4.78 is 1.97. The molecule has 0 aliphatic rings. The first-order chi connectivity index (χ1) is 12.1. The largest absolute Gasteiger partial charge is 0.378 e. The number of aromatic nitrogens is 4. The van der Waals surface area contributed by atoms with Crippen LogP contribution in [0.4, 0.5) is 5.69 Å². The molecule has 6 nitrogen and oxygen atoms in total. The van der Waals surface area contributed by atoms with Crippen molar-refractivity contribution in [3.05, 3.63) is 69.2 Å². The van der Waals surface area contributed by atoms with Crippen LogP contribution in [0.25, 0.3) is 22.4 Å². The number of pyridine rings is 1. The van der Waals surface area contributed by atoms with Crippen LogP contribution in [0.2, 0.25) is 0 Å². The minimum atomic E-state index is -0.153. The summed E-state index contributed by atoms with van der Waals surface area (Å²) in [6, 6.07) is 11.7. The molecule has 7 heteroatoms. The molecule has 0 saturated carbocycles. The summed E-state index contributed by atoms with van der Waals surface area (Å²) in [4.78, 5) is 23.7. The molecule has 3 heterocycles. The Morgan fingerprint density at radius 2 is 1.96 bits per heavy atom. The van der Waals surface area contributed by atoms with E-state index in [2.05, 4.69) is 15.1 Å². The molecule has 0 aliphatic carbocycles. The molecule has 0 fully saturated rings. The lowest BCUT2D eigenvalue weighted by Gasteiger charge is -2.11. The Labute approximate surface area is 147 Å². The summed E-state index contributed by atoms with van der Waals surface area (Å²) in [5.41, 5.74) is 2.73. The van der Waals surface area contributed by atoms with Crippen LogP contribution in [-0.2, 0) is 0 Å². The molecule has 0 atom stereocenters. The van der Waals surface area contributed by atoms with Crippen molar-refractivity contribution in [2.75, 3.05) is 19.0 Å². The van der Waals surface area contributed by atoms with Crippen LogP contribution in [0, 0.1) is 0 Å². The first kappa shape index (κ1) is 15.5. The van der Waals surface area contributed by atoms with E-state index in [1.807, 2.05) is 61.5 Å². The van der Waals surface area contributed by atoms with Gasteiger partial charge in [0.15, 0.2) is 5.82 Å². The van der Waals surface area contributed by atoms with Crippen molar-refractivity contribution in [3.8, 4) is 11.4 Å². The minimum absolute atomic E-state index is 0.153. The Morgan fingerprint density at radius 1 is 1.16 bits per heavy atom. The maximum Gasteiger partial charge on any atom is 0.291 e. The molecule has 0 N–H and O–H groups in total. The average molecular weight is 349 g/mol. The molecule has 0 amide bonds. The molecule has 0 radical (unpaired) electrons. The highest BCUT2D eigenvalue weighted by molar-refractivity contribution is 7.15. The van der Waals surface area contributed by atoms with Gasteiger partial charge in [0.1, 0.15) is 0 Å². The van der Waals surface area contributed by atoms with Gasteiger partial charge in [-0.15, -0.1) is 5.10 Å². The molecule has 0 saturated heterocycles. The number of anilines is 1. The van der Waals surface area contributed by atoms with Crippen LogP contribution in [0.15, 0.2) is 53.6 Å². The molecular formula is C18H15N5OS. The van der Waals surface area contributed by atoms with Crippen LogP contribution in [0.3, 0.4) is 0 Å². The van der Waals surface area contributed by atoms with Crippen molar-refractivity contribution in [2.45, 2.75) is 0 Å². The van der Waals surface area contributed by atoms with Crippen molar-refractivity contribution in [1.82, 2.24) is 19.6 Å². The molecule has 25 heavy (non-hydrogen) atoms. The lowest BCUT2D eigenvalue weighted by Crippen LogP contribution is -2.23. The van der Waals surface area contributed by atoms with Gasteiger partial charge in [0.25, 0.3) is 5.56 Å². The molecule has 0 bridgehead atoms. The number of nitrogens with zero attached hydrogens (tertiary/aromatic N) is 5. The number of thiazole rings is 1. The Morgan fingerprint density at radius 3 is 2.60 bits per heavy atom. The maximum atomic E-state index is 12.6. The molecule has 0 unspecified atom stereocenters. The van der Waals surface area contributed by atoms with Crippen LogP contribution >= 0.6 is 11.3 Å². The molecule has 4 rings (SSSR count). The molecular weight excluding hydrogens is 334 g/mol. The number of hydrogen-bond donors (Lipinski definition) is 0. The SMILES string of the molecule is CN(C)c1ccc(/C=c2\sc3nc(-c4cccnc4)nn3c2=O)cc1. The average Bonchev–Trinajstić information content (AvgIpc) is 3.16. The van der Waals surface area contributed by atoms with Crippen molar-refractivity contribution >= 4 is 28.1 Å². The number of fused-ring (bicyclic) bond motifs is 1. The fourth-order valence-electron chi connectivity index (χ4n) is 2.47. The first-order valence-electron chi connectivity index (χ1n) is 7.71. The van der Waals surface area contributed by atoms with Gasteiger partial charge in [-0.2, -0.15) is 9.50 Å². The summed E-state index contributed by atoms with van der Waals surface area (Å²) in [7, 11) is 3.99. The van der Waals surface area contributed by atoms with Crippen molar-refractivity contribution in [2.24, 2.45) is 0 Å². The van der Waals surface area contributed by atoms with E-state index >= 15 is 0 Å². The van der Waals surface area contributed by atoms with E-state index in [0.717, 1.165) is 16.8 Å². The van der Waals surface area contributed by atoms with E-state index in [-0.39, 0.29) is 5.56 Å². The second-order valence-electron chi connectivity index (χ2n) is 5.77. The third-order valence-electron chi connectivity index (χ3n) is 3.81.